The summed E-state index contributed by atoms with van der Waals surface area (Å²) < 4.78 is 4.80. The van der Waals surface area contributed by atoms with Crippen LogP contribution in [0, 0.1) is 5.92 Å². The van der Waals surface area contributed by atoms with Gasteiger partial charge in [-0.05, 0) is 26.8 Å². The van der Waals surface area contributed by atoms with Gasteiger partial charge in [0.25, 0.3) is 0 Å². The molecule has 0 aromatic heterocycles. The standard InChI is InChI=1S/C10H18N2O3/c1-3-15-10(14)7(2)12-9(13)8-4-5-11-6-8/h7-8,11H,3-6H2,1-2H3,(H,12,13). The molecule has 2 unspecified atom stereocenters. The summed E-state index contributed by atoms with van der Waals surface area (Å²) >= 11 is 0. The summed E-state index contributed by atoms with van der Waals surface area (Å²) in [6, 6.07) is -0.557. The zero-order valence-electron chi connectivity index (χ0n) is 9.21. The highest BCUT2D eigenvalue weighted by molar-refractivity contribution is 5.85. The number of carbonyl (C=O) groups is 2. The summed E-state index contributed by atoms with van der Waals surface area (Å²) in [4.78, 5) is 22.8. The summed E-state index contributed by atoms with van der Waals surface area (Å²) in [5.74, 6) is -0.459. The van der Waals surface area contributed by atoms with Crippen molar-refractivity contribution in [3.8, 4) is 0 Å². The minimum absolute atomic E-state index is 0.0122. The minimum atomic E-state index is -0.557. The largest absolute Gasteiger partial charge is 0.464 e. The van der Waals surface area contributed by atoms with Crippen molar-refractivity contribution in [2.24, 2.45) is 5.92 Å². The monoisotopic (exact) mass is 214 g/mol. The third-order valence-corrected chi connectivity index (χ3v) is 2.43. The van der Waals surface area contributed by atoms with Crippen LogP contribution in [0.5, 0.6) is 0 Å². The third kappa shape index (κ3) is 3.51. The molecule has 1 heterocycles. The van der Waals surface area contributed by atoms with Crippen LogP contribution in [0.15, 0.2) is 0 Å². The molecule has 5 heteroatoms. The van der Waals surface area contributed by atoms with E-state index in [1.54, 1.807) is 13.8 Å². The number of carbonyl (C=O) groups excluding carboxylic acids is 2. The fourth-order valence-corrected chi connectivity index (χ4v) is 1.54. The number of rotatable bonds is 4. The van der Waals surface area contributed by atoms with E-state index in [0.717, 1.165) is 13.0 Å². The number of esters is 1. The van der Waals surface area contributed by atoms with Gasteiger partial charge in [0.15, 0.2) is 0 Å². The molecule has 1 aliphatic heterocycles. The lowest BCUT2D eigenvalue weighted by atomic mass is 10.1. The Morgan fingerprint density at radius 2 is 2.33 bits per heavy atom. The van der Waals surface area contributed by atoms with E-state index in [1.165, 1.54) is 0 Å². The van der Waals surface area contributed by atoms with Crippen LogP contribution in [0.1, 0.15) is 20.3 Å². The molecule has 1 saturated heterocycles. The van der Waals surface area contributed by atoms with Gasteiger partial charge in [0.2, 0.25) is 5.91 Å². The smallest absolute Gasteiger partial charge is 0.328 e. The summed E-state index contributed by atoms with van der Waals surface area (Å²) in [7, 11) is 0. The van der Waals surface area contributed by atoms with Crippen LogP contribution in [-0.4, -0.2) is 37.6 Å². The van der Waals surface area contributed by atoms with E-state index >= 15 is 0 Å². The number of ether oxygens (including phenoxy) is 1. The first-order valence-electron chi connectivity index (χ1n) is 5.33. The van der Waals surface area contributed by atoms with Gasteiger partial charge in [-0.25, -0.2) is 4.79 Å². The quantitative estimate of drug-likeness (QED) is 0.628. The number of hydrogen-bond acceptors (Lipinski definition) is 4. The molecule has 0 spiro atoms. The van der Waals surface area contributed by atoms with Gasteiger partial charge in [0.1, 0.15) is 6.04 Å². The summed E-state index contributed by atoms with van der Waals surface area (Å²) in [6.45, 7) is 5.28. The molecule has 2 N–H and O–H groups in total. The zero-order valence-corrected chi connectivity index (χ0v) is 9.21. The third-order valence-electron chi connectivity index (χ3n) is 2.43. The van der Waals surface area contributed by atoms with Gasteiger partial charge in [-0.15, -0.1) is 0 Å². The van der Waals surface area contributed by atoms with E-state index in [2.05, 4.69) is 10.6 Å². The van der Waals surface area contributed by atoms with Gasteiger partial charge in [0.05, 0.1) is 12.5 Å². The Balaban J connectivity index is 2.33. The van der Waals surface area contributed by atoms with Crippen molar-refractivity contribution in [1.29, 1.82) is 0 Å². The van der Waals surface area contributed by atoms with E-state index in [-0.39, 0.29) is 17.8 Å². The summed E-state index contributed by atoms with van der Waals surface area (Å²) in [6.07, 6.45) is 0.835. The van der Waals surface area contributed by atoms with Crippen molar-refractivity contribution >= 4 is 11.9 Å². The highest BCUT2D eigenvalue weighted by Crippen LogP contribution is 2.07. The Kier molecular flexibility index (Phi) is 4.55. The predicted octanol–water partition coefficient (Wildman–Crippen LogP) is -0.336. The van der Waals surface area contributed by atoms with Crippen LogP contribution < -0.4 is 10.6 Å². The van der Waals surface area contributed by atoms with Gasteiger partial charge >= 0.3 is 5.97 Å². The molecule has 0 aromatic rings. The van der Waals surface area contributed by atoms with Gasteiger partial charge < -0.3 is 15.4 Å². The molecule has 0 bridgehead atoms. The van der Waals surface area contributed by atoms with E-state index in [0.29, 0.717) is 13.2 Å². The van der Waals surface area contributed by atoms with E-state index in [4.69, 9.17) is 4.74 Å². The zero-order chi connectivity index (χ0) is 11.3. The Morgan fingerprint density at radius 3 is 2.87 bits per heavy atom. The topological polar surface area (TPSA) is 67.4 Å². The molecule has 0 saturated carbocycles. The fourth-order valence-electron chi connectivity index (χ4n) is 1.54. The molecule has 1 amide bonds. The van der Waals surface area contributed by atoms with Gasteiger partial charge in [-0.3, -0.25) is 4.79 Å². The highest BCUT2D eigenvalue weighted by Gasteiger charge is 2.25. The Bertz CT molecular complexity index is 237. The van der Waals surface area contributed by atoms with E-state index in [1.807, 2.05) is 0 Å². The average Bonchev–Trinajstić information content (AvgIpc) is 2.70. The van der Waals surface area contributed by atoms with Crippen LogP contribution >= 0.6 is 0 Å². The van der Waals surface area contributed by atoms with Crippen LogP contribution in [-0.2, 0) is 14.3 Å². The molecule has 1 aliphatic rings. The molecule has 0 radical (unpaired) electrons. The number of hydrogen-bond donors (Lipinski definition) is 2. The minimum Gasteiger partial charge on any atom is -0.464 e. The van der Waals surface area contributed by atoms with Crippen LogP contribution in [0.3, 0.4) is 0 Å². The molecule has 0 aromatic carbocycles. The van der Waals surface area contributed by atoms with Crippen LogP contribution in [0.25, 0.3) is 0 Å². The average molecular weight is 214 g/mol. The van der Waals surface area contributed by atoms with Crippen molar-refractivity contribution in [2.75, 3.05) is 19.7 Å². The molecule has 86 valence electrons. The lowest BCUT2D eigenvalue weighted by molar-refractivity contribution is -0.147. The fraction of sp³-hybridized carbons (Fsp3) is 0.800. The number of amides is 1. The first-order valence-corrected chi connectivity index (χ1v) is 5.33. The predicted molar refractivity (Wildman–Crippen MR) is 55.2 cm³/mol. The Morgan fingerprint density at radius 1 is 1.60 bits per heavy atom. The maximum Gasteiger partial charge on any atom is 0.328 e. The van der Waals surface area contributed by atoms with Gasteiger partial charge in [-0.2, -0.15) is 0 Å². The molecule has 2 atom stereocenters. The van der Waals surface area contributed by atoms with Gasteiger partial charge in [-0.1, -0.05) is 0 Å². The SMILES string of the molecule is CCOC(=O)C(C)NC(=O)C1CCNC1. The summed E-state index contributed by atoms with van der Waals surface area (Å²) in [5, 5.41) is 5.76. The molecule has 0 aliphatic carbocycles. The second kappa shape index (κ2) is 5.70. The van der Waals surface area contributed by atoms with Gasteiger partial charge in [0, 0.05) is 6.54 Å². The second-order valence-electron chi connectivity index (χ2n) is 3.67. The summed E-state index contributed by atoms with van der Waals surface area (Å²) in [5.41, 5.74) is 0. The van der Waals surface area contributed by atoms with Crippen LogP contribution in [0.4, 0.5) is 0 Å². The van der Waals surface area contributed by atoms with E-state index in [9.17, 15) is 9.59 Å². The normalized spacial score (nSPS) is 22.1. The Hall–Kier alpha value is -1.10. The molecule has 1 rings (SSSR count). The van der Waals surface area contributed by atoms with Crippen LogP contribution in [0.2, 0.25) is 0 Å². The maximum absolute atomic E-state index is 11.6. The lowest BCUT2D eigenvalue weighted by Crippen LogP contribution is -2.43. The first kappa shape index (κ1) is 12.0. The molecular weight excluding hydrogens is 196 g/mol. The van der Waals surface area contributed by atoms with Crippen molar-refractivity contribution in [2.45, 2.75) is 26.3 Å². The molecule has 1 fully saturated rings. The molecule has 15 heavy (non-hydrogen) atoms. The maximum atomic E-state index is 11.6. The number of nitrogens with one attached hydrogen (secondary N) is 2. The Labute approximate surface area is 89.6 Å². The van der Waals surface area contributed by atoms with Crippen molar-refractivity contribution in [1.82, 2.24) is 10.6 Å². The van der Waals surface area contributed by atoms with E-state index < -0.39 is 6.04 Å². The lowest BCUT2D eigenvalue weighted by Gasteiger charge is -2.15. The molecular formula is C10H18N2O3. The highest BCUT2D eigenvalue weighted by atomic mass is 16.5. The first-order chi connectivity index (χ1) is 7.15. The second-order valence-corrected chi connectivity index (χ2v) is 3.67. The van der Waals surface area contributed by atoms with Crippen molar-refractivity contribution in [3.05, 3.63) is 0 Å². The molecule has 5 nitrogen and oxygen atoms in total. The van der Waals surface area contributed by atoms with Crippen molar-refractivity contribution < 1.29 is 14.3 Å². The van der Waals surface area contributed by atoms with Crippen molar-refractivity contribution in [3.63, 3.8) is 0 Å².